The quantitative estimate of drug-likeness (QED) is 0.0457. The predicted molar refractivity (Wildman–Crippen MR) is 315 cm³/mol. The van der Waals surface area contributed by atoms with Gasteiger partial charge in [0.2, 0.25) is 5.91 Å². The zero-order valence-corrected chi connectivity index (χ0v) is 48.9. The van der Waals surface area contributed by atoms with Crippen LogP contribution >= 0.6 is 0 Å². The van der Waals surface area contributed by atoms with Crippen molar-refractivity contribution in [3.63, 3.8) is 0 Å². The topological polar surface area (TPSA) is 89.8 Å². The normalized spacial score (nSPS) is 13.0. The van der Waals surface area contributed by atoms with Crippen LogP contribution in [0.2, 0.25) is 0 Å². The Morgan fingerprint density at radius 3 is 0.676 bits per heavy atom. The number of rotatable bonds is 63. The molecule has 0 aromatic carbocycles. The second kappa shape index (κ2) is 61.9. The van der Waals surface area contributed by atoms with E-state index in [1.54, 1.807) is 0 Å². The third-order valence-corrected chi connectivity index (χ3v) is 16.2. The minimum absolute atomic E-state index is 0.0440. The highest BCUT2D eigenvalue weighted by atomic mass is 16.3. The van der Waals surface area contributed by atoms with Crippen LogP contribution in [0.3, 0.4) is 0 Å². The Hall–Kier alpha value is -0.650. The largest absolute Gasteiger partial charge is 0.394 e. The first-order valence-corrected chi connectivity index (χ1v) is 33.3. The molecule has 0 fully saturated rings. The molecule has 0 saturated heterocycles. The van der Waals surface area contributed by atoms with Crippen LogP contribution in [0.25, 0.3) is 0 Å². The molecule has 71 heavy (non-hydrogen) atoms. The lowest BCUT2D eigenvalue weighted by Crippen LogP contribution is -2.46. The molecule has 5 nitrogen and oxygen atoms in total. The van der Waals surface area contributed by atoms with Crippen molar-refractivity contribution in [2.24, 2.45) is 0 Å². The second-order valence-electron chi connectivity index (χ2n) is 23.5. The summed E-state index contributed by atoms with van der Waals surface area (Å²) in [5, 5.41) is 33.8. The van der Waals surface area contributed by atoms with Crippen LogP contribution in [0.15, 0.2) is 0 Å². The van der Waals surface area contributed by atoms with Crippen LogP contribution in [-0.4, -0.2) is 46.1 Å². The van der Waals surface area contributed by atoms with E-state index < -0.39 is 18.2 Å². The smallest absolute Gasteiger partial charge is 0.222 e. The highest BCUT2D eigenvalue weighted by molar-refractivity contribution is 5.76. The summed E-state index contributed by atoms with van der Waals surface area (Å²) >= 11 is 0. The fourth-order valence-electron chi connectivity index (χ4n) is 11.1. The lowest BCUT2D eigenvalue weighted by Gasteiger charge is -2.23. The summed E-state index contributed by atoms with van der Waals surface area (Å²) in [6.45, 7) is 4.32. The summed E-state index contributed by atoms with van der Waals surface area (Å²) < 4.78 is 0. The van der Waals surface area contributed by atoms with Gasteiger partial charge in [0, 0.05) is 0 Å². The molecule has 5 heteroatoms. The molecule has 426 valence electrons. The molecule has 0 aliphatic heterocycles. The van der Waals surface area contributed by atoms with E-state index >= 15 is 0 Å². The average molecular weight is 1000 g/mol. The highest BCUT2D eigenvalue weighted by Gasteiger charge is 2.21. The molecule has 0 aromatic heterocycles. The molecular formula is C66H133NO4. The number of carbonyl (C=O) groups excluding carboxylic acids is 1. The molecule has 4 N–H and O–H groups in total. The van der Waals surface area contributed by atoms with Gasteiger partial charge in [0.05, 0.1) is 31.3 Å². The molecule has 0 aliphatic rings. The third kappa shape index (κ3) is 58.5. The van der Waals surface area contributed by atoms with Gasteiger partial charge in [-0.25, -0.2) is 0 Å². The number of hydrogen-bond acceptors (Lipinski definition) is 4. The van der Waals surface area contributed by atoms with E-state index in [1.807, 2.05) is 0 Å². The van der Waals surface area contributed by atoms with Gasteiger partial charge in [-0.2, -0.15) is 0 Å². The molecule has 0 saturated carbocycles. The third-order valence-electron chi connectivity index (χ3n) is 16.2. The lowest BCUT2D eigenvalue weighted by atomic mass is 10.0. The van der Waals surface area contributed by atoms with E-state index in [4.69, 9.17) is 0 Å². The number of unbranched alkanes of at least 4 members (excludes halogenated alkanes) is 54. The van der Waals surface area contributed by atoms with Crippen molar-refractivity contribution in [3.8, 4) is 0 Å². The van der Waals surface area contributed by atoms with Crippen molar-refractivity contribution in [1.82, 2.24) is 5.32 Å². The van der Waals surface area contributed by atoms with Crippen molar-refractivity contribution in [2.45, 2.75) is 411 Å². The van der Waals surface area contributed by atoms with Crippen LogP contribution < -0.4 is 5.32 Å². The maximum absolute atomic E-state index is 12.6. The van der Waals surface area contributed by atoms with Crippen LogP contribution in [0, 0.1) is 0 Å². The standard InChI is InChI=1S/C66H133NO4/c1-3-5-7-9-11-13-15-17-19-21-23-25-27-29-30-31-32-33-34-36-37-39-41-43-45-47-49-51-53-55-57-59-63(69)61-66(71)67-64(62-68)65(70)60-58-56-54-52-50-48-46-44-42-40-38-35-28-26-24-22-20-18-16-14-12-10-8-6-4-2/h63-65,68-70H,3-62H2,1-2H3,(H,67,71). The Labute approximate surface area is 447 Å². The van der Waals surface area contributed by atoms with E-state index in [0.717, 1.165) is 25.7 Å². The molecule has 0 rings (SSSR count). The van der Waals surface area contributed by atoms with Crippen LogP contribution in [0.5, 0.6) is 0 Å². The first-order chi connectivity index (χ1) is 35.0. The summed E-state index contributed by atoms with van der Waals surface area (Å²) in [5.41, 5.74) is 0. The molecule has 0 heterocycles. The number of amides is 1. The minimum Gasteiger partial charge on any atom is -0.394 e. The van der Waals surface area contributed by atoms with Crippen molar-refractivity contribution < 1.29 is 20.1 Å². The Morgan fingerprint density at radius 2 is 0.479 bits per heavy atom. The molecule has 1 amide bonds. The maximum atomic E-state index is 12.6. The van der Waals surface area contributed by atoms with Crippen LogP contribution in [0.1, 0.15) is 393 Å². The molecule has 0 radical (unpaired) electrons. The van der Waals surface area contributed by atoms with Gasteiger partial charge in [0.25, 0.3) is 0 Å². The van der Waals surface area contributed by atoms with E-state index in [0.29, 0.717) is 12.8 Å². The van der Waals surface area contributed by atoms with Gasteiger partial charge >= 0.3 is 0 Å². The SMILES string of the molecule is CCCCCCCCCCCCCCCCCCCCCCCCCCCCCCCCCC(O)CC(=O)NC(CO)C(O)CCCCCCCCCCCCCCCCCCCCCCCCCCC. The Bertz CT molecular complexity index is 975. The van der Waals surface area contributed by atoms with Gasteiger partial charge < -0.3 is 20.6 Å². The first-order valence-electron chi connectivity index (χ1n) is 33.3. The van der Waals surface area contributed by atoms with E-state index in [9.17, 15) is 20.1 Å². The van der Waals surface area contributed by atoms with Gasteiger partial charge in [-0.05, 0) is 12.8 Å². The zero-order valence-electron chi connectivity index (χ0n) is 48.9. The van der Waals surface area contributed by atoms with Gasteiger partial charge in [0.1, 0.15) is 0 Å². The Kier molecular flexibility index (Phi) is 61.3. The van der Waals surface area contributed by atoms with Crippen LogP contribution in [0.4, 0.5) is 0 Å². The second-order valence-corrected chi connectivity index (χ2v) is 23.5. The number of carbonyl (C=O) groups is 1. The number of aliphatic hydroxyl groups excluding tert-OH is 3. The van der Waals surface area contributed by atoms with E-state index in [2.05, 4.69) is 19.2 Å². The van der Waals surface area contributed by atoms with E-state index in [-0.39, 0.29) is 18.9 Å². The van der Waals surface area contributed by atoms with Crippen molar-refractivity contribution >= 4 is 5.91 Å². The summed E-state index contributed by atoms with van der Waals surface area (Å²) in [5.74, 6) is -0.272. The minimum atomic E-state index is -0.747. The number of nitrogens with one attached hydrogen (secondary N) is 1. The summed E-state index contributed by atoms with van der Waals surface area (Å²) in [6, 6.07) is -0.655. The number of aliphatic hydroxyl groups is 3. The molecule has 0 aliphatic carbocycles. The summed E-state index contributed by atoms with van der Waals surface area (Å²) in [4.78, 5) is 12.6. The van der Waals surface area contributed by atoms with Gasteiger partial charge in [-0.1, -0.05) is 373 Å². The molecule has 0 aromatic rings. The number of hydrogen-bond donors (Lipinski definition) is 4. The molecule has 0 bridgehead atoms. The Morgan fingerprint density at radius 1 is 0.296 bits per heavy atom. The molecular weight excluding hydrogens is 871 g/mol. The van der Waals surface area contributed by atoms with Crippen molar-refractivity contribution in [3.05, 3.63) is 0 Å². The first kappa shape index (κ1) is 70.3. The van der Waals surface area contributed by atoms with Gasteiger partial charge in [0.15, 0.2) is 0 Å². The van der Waals surface area contributed by atoms with Crippen molar-refractivity contribution in [2.75, 3.05) is 6.61 Å². The molecule has 0 spiro atoms. The molecule has 3 unspecified atom stereocenters. The zero-order chi connectivity index (χ0) is 51.4. The monoisotopic (exact) mass is 1000 g/mol. The predicted octanol–water partition coefficient (Wildman–Crippen LogP) is 21.2. The van der Waals surface area contributed by atoms with E-state index in [1.165, 1.54) is 334 Å². The highest BCUT2D eigenvalue weighted by Crippen LogP contribution is 2.20. The maximum Gasteiger partial charge on any atom is 0.222 e. The fourth-order valence-corrected chi connectivity index (χ4v) is 11.1. The van der Waals surface area contributed by atoms with Crippen LogP contribution in [-0.2, 0) is 4.79 Å². The van der Waals surface area contributed by atoms with Gasteiger partial charge in [-0.15, -0.1) is 0 Å². The Balaban J connectivity index is 3.44. The van der Waals surface area contributed by atoms with Crippen molar-refractivity contribution in [1.29, 1.82) is 0 Å². The average Bonchev–Trinajstić information content (AvgIpc) is 3.37. The molecule has 3 atom stereocenters. The van der Waals surface area contributed by atoms with Gasteiger partial charge in [-0.3, -0.25) is 4.79 Å². The summed E-state index contributed by atoms with van der Waals surface area (Å²) in [7, 11) is 0. The summed E-state index contributed by atoms with van der Waals surface area (Å²) in [6.07, 6.45) is 77.4. The lowest BCUT2D eigenvalue weighted by molar-refractivity contribution is -0.125. The fraction of sp³-hybridized carbons (Fsp3) is 0.985.